The Kier molecular flexibility index (Phi) is 8.76. The summed E-state index contributed by atoms with van der Waals surface area (Å²) in [6, 6.07) is 15.3. The number of para-hydroxylation sites is 1. The zero-order valence-corrected chi connectivity index (χ0v) is 19.9. The fourth-order valence-corrected chi connectivity index (χ4v) is 4.05. The molecule has 7 heteroatoms. The van der Waals surface area contributed by atoms with Gasteiger partial charge in [-0.3, -0.25) is 9.69 Å². The number of amidine groups is 1. The zero-order chi connectivity index (χ0) is 22.9. The molecule has 32 heavy (non-hydrogen) atoms. The number of amides is 1. The predicted octanol–water partition coefficient (Wildman–Crippen LogP) is 5.51. The molecule has 1 atom stereocenters. The number of ether oxygens (including phenoxy) is 3. The number of carbonyl (C=O) groups excluding carboxylic acids is 1. The van der Waals surface area contributed by atoms with Crippen molar-refractivity contribution in [1.82, 2.24) is 4.90 Å². The first-order valence-electron chi connectivity index (χ1n) is 10.8. The van der Waals surface area contributed by atoms with Gasteiger partial charge in [-0.05, 0) is 67.9 Å². The second kappa shape index (κ2) is 11.7. The van der Waals surface area contributed by atoms with Crippen LogP contribution in [0.25, 0.3) is 6.08 Å². The summed E-state index contributed by atoms with van der Waals surface area (Å²) in [4.78, 5) is 20.1. The molecule has 0 bridgehead atoms. The summed E-state index contributed by atoms with van der Waals surface area (Å²) < 4.78 is 16.9. The average molecular weight is 455 g/mol. The third-order valence-electron chi connectivity index (χ3n) is 4.92. The van der Waals surface area contributed by atoms with Crippen LogP contribution in [0, 0.1) is 0 Å². The maximum absolute atomic E-state index is 13.2. The summed E-state index contributed by atoms with van der Waals surface area (Å²) in [5, 5.41) is 0.649. The first-order chi connectivity index (χ1) is 15.5. The lowest BCUT2D eigenvalue weighted by molar-refractivity contribution is -0.122. The number of hydrogen-bond acceptors (Lipinski definition) is 6. The highest BCUT2D eigenvalue weighted by Crippen LogP contribution is 2.36. The molecule has 1 amide bonds. The van der Waals surface area contributed by atoms with Crippen LogP contribution in [-0.2, 0) is 9.53 Å². The summed E-state index contributed by atoms with van der Waals surface area (Å²) >= 11 is 1.37. The van der Waals surface area contributed by atoms with Crippen molar-refractivity contribution in [1.29, 1.82) is 0 Å². The number of thioether (sulfide) groups is 1. The summed E-state index contributed by atoms with van der Waals surface area (Å²) in [7, 11) is 1.62. The van der Waals surface area contributed by atoms with E-state index < -0.39 is 0 Å². The van der Waals surface area contributed by atoms with Gasteiger partial charge in [-0.15, -0.1) is 0 Å². The maximum atomic E-state index is 13.2. The zero-order valence-electron chi connectivity index (χ0n) is 19.0. The molecule has 0 radical (unpaired) electrons. The summed E-state index contributed by atoms with van der Waals surface area (Å²) in [6.07, 6.45) is 2.86. The monoisotopic (exact) mass is 454 g/mol. The van der Waals surface area contributed by atoms with Crippen LogP contribution < -0.4 is 9.47 Å². The Hall–Kier alpha value is -2.77. The third kappa shape index (κ3) is 6.14. The maximum Gasteiger partial charge on any atom is 0.266 e. The fraction of sp³-hybridized carbons (Fsp3) is 0.360. The van der Waals surface area contributed by atoms with Gasteiger partial charge in [0.15, 0.2) is 16.7 Å². The second-order valence-corrected chi connectivity index (χ2v) is 8.25. The fourth-order valence-electron chi connectivity index (χ4n) is 3.02. The molecule has 0 N–H and O–H groups in total. The molecule has 1 aliphatic heterocycles. The molecule has 0 saturated carbocycles. The number of aliphatic imine (C=N–C) groups is 1. The van der Waals surface area contributed by atoms with E-state index in [1.165, 1.54) is 11.8 Å². The van der Waals surface area contributed by atoms with Crippen molar-refractivity contribution in [2.24, 2.45) is 4.99 Å². The topological polar surface area (TPSA) is 60.4 Å². The number of methoxy groups -OCH3 is 1. The van der Waals surface area contributed by atoms with E-state index in [1.54, 1.807) is 12.0 Å². The number of carbonyl (C=O) groups is 1. The first kappa shape index (κ1) is 23.9. The van der Waals surface area contributed by atoms with Gasteiger partial charge in [-0.25, -0.2) is 4.99 Å². The average Bonchev–Trinajstić information content (AvgIpc) is 3.09. The quantitative estimate of drug-likeness (QED) is 0.350. The molecular formula is C25H30N2O4S. The van der Waals surface area contributed by atoms with Crippen molar-refractivity contribution in [2.45, 2.75) is 33.3 Å². The smallest absolute Gasteiger partial charge is 0.266 e. The van der Waals surface area contributed by atoms with E-state index in [0.717, 1.165) is 17.7 Å². The van der Waals surface area contributed by atoms with Crippen LogP contribution in [0.5, 0.6) is 11.5 Å². The lowest BCUT2D eigenvalue weighted by atomic mass is 10.1. The second-order valence-electron chi connectivity index (χ2n) is 7.24. The van der Waals surface area contributed by atoms with Crippen LogP contribution in [0.2, 0.25) is 0 Å². The third-order valence-corrected chi connectivity index (χ3v) is 5.93. The summed E-state index contributed by atoms with van der Waals surface area (Å²) in [6.45, 7) is 7.55. The lowest BCUT2D eigenvalue weighted by Gasteiger charge is -2.16. The van der Waals surface area contributed by atoms with Crippen molar-refractivity contribution in [3.8, 4) is 11.5 Å². The summed E-state index contributed by atoms with van der Waals surface area (Å²) in [5.41, 5.74) is 1.67. The van der Waals surface area contributed by atoms with Crippen LogP contribution in [0.15, 0.2) is 58.4 Å². The summed E-state index contributed by atoms with van der Waals surface area (Å²) in [5.74, 6) is 1.25. The minimum absolute atomic E-state index is 0.0803. The van der Waals surface area contributed by atoms with E-state index >= 15 is 0 Å². The van der Waals surface area contributed by atoms with E-state index in [0.29, 0.717) is 41.3 Å². The normalized spacial score (nSPS) is 17.2. The Bertz CT molecular complexity index is 975. The molecule has 0 spiro atoms. The van der Waals surface area contributed by atoms with Crippen molar-refractivity contribution in [2.75, 3.05) is 26.9 Å². The minimum Gasteiger partial charge on any atom is -0.493 e. The predicted molar refractivity (Wildman–Crippen MR) is 131 cm³/mol. The standard InChI is InChI=1S/C25H30N2O4S/c1-5-18(3)31-21-13-12-19(16-22(21)29-4)17-23-24(28)27(14-15-30-6-2)25(32-23)26-20-10-8-7-9-11-20/h7-13,16-18H,5-6,14-15H2,1-4H3/b23-17-,26-25?/t18-/m0/s1. The van der Waals surface area contributed by atoms with Crippen LogP contribution in [-0.4, -0.2) is 48.9 Å². The van der Waals surface area contributed by atoms with Crippen LogP contribution >= 0.6 is 11.8 Å². The van der Waals surface area contributed by atoms with Crippen molar-refractivity contribution >= 4 is 34.6 Å². The van der Waals surface area contributed by atoms with Gasteiger partial charge in [0.05, 0.1) is 37.0 Å². The van der Waals surface area contributed by atoms with Gasteiger partial charge >= 0.3 is 0 Å². The Morgan fingerprint density at radius 3 is 2.59 bits per heavy atom. The van der Waals surface area contributed by atoms with E-state index in [2.05, 4.69) is 6.92 Å². The Labute approximate surface area is 194 Å². The SMILES string of the molecule is CCOCCN1C(=O)/C(=C/c2ccc(O[C@@H](C)CC)c(OC)c2)SC1=Nc1ccccc1. The molecule has 6 nitrogen and oxygen atoms in total. The van der Waals surface area contributed by atoms with Gasteiger partial charge < -0.3 is 14.2 Å². The number of hydrogen-bond donors (Lipinski definition) is 0. The highest BCUT2D eigenvalue weighted by molar-refractivity contribution is 8.18. The van der Waals surface area contributed by atoms with Gasteiger partial charge in [0.2, 0.25) is 0 Å². The van der Waals surface area contributed by atoms with E-state index in [9.17, 15) is 4.79 Å². The Balaban J connectivity index is 1.88. The van der Waals surface area contributed by atoms with Crippen LogP contribution in [0.4, 0.5) is 5.69 Å². The Morgan fingerprint density at radius 2 is 1.91 bits per heavy atom. The van der Waals surface area contributed by atoms with Gasteiger partial charge in [-0.2, -0.15) is 0 Å². The molecule has 0 unspecified atom stereocenters. The van der Waals surface area contributed by atoms with E-state index in [4.69, 9.17) is 19.2 Å². The van der Waals surface area contributed by atoms with Gasteiger partial charge in [0.1, 0.15) is 0 Å². The lowest BCUT2D eigenvalue weighted by Crippen LogP contribution is -2.32. The first-order valence-corrected chi connectivity index (χ1v) is 11.6. The highest BCUT2D eigenvalue weighted by atomic mass is 32.2. The molecule has 0 aliphatic carbocycles. The van der Waals surface area contributed by atoms with Gasteiger partial charge in [0, 0.05) is 6.61 Å². The molecule has 2 aromatic carbocycles. The van der Waals surface area contributed by atoms with Crippen molar-refractivity contribution in [3.05, 3.63) is 59.0 Å². The largest absolute Gasteiger partial charge is 0.493 e. The minimum atomic E-state index is -0.0803. The van der Waals surface area contributed by atoms with Crippen LogP contribution in [0.1, 0.15) is 32.8 Å². The Morgan fingerprint density at radius 1 is 1.12 bits per heavy atom. The van der Waals surface area contributed by atoms with Gasteiger partial charge in [-0.1, -0.05) is 31.2 Å². The van der Waals surface area contributed by atoms with Gasteiger partial charge in [0.25, 0.3) is 5.91 Å². The molecular weight excluding hydrogens is 424 g/mol. The van der Waals surface area contributed by atoms with Crippen molar-refractivity contribution in [3.63, 3.8) is 0 Å². The molecule has 0 aromatic heterocycles. The van der Waals surface area contributed by atoms with Crippen molar-refractivity contribution < 1.29 is 19.0 Å². The molecule has 1 saturated heterocycles. The van der Waals surface area contributed by atoms with E-state index in [1.807, 2.05) is 68.5 Å². The highest BCUT2D eigenvalue weighted by Gasteiger charge is 2.33. The molecule has 170 valence electrons. The number of benzene rings is 2. The van der Waals surface area contributed by atoms with E-state index in [-0.39, 0.29) is 12.0 Å². The number of nitrogens with zero attached hydrogens (tertiary/aromatic N) is 2. The molecule has 3 rings (SSSR count). The van der Waals surface area contributed by atoms with Crippen LogP contribution in [0.3, 0.4) is 0 Å². The number of rotatable bonds is 10. The molecule has 1 fully saturated rings. The molecule has 1 aliphatic rings. The molecule has 2 aromatic rings. The molecule has 1 heterocycles.